The molecule has 5 rings (SSSR count). The summed E-state index contributed by atoms with van der Waals surface area (Å²) >= 11 is 0. The van der Waals surface area contributed by atoms with Crippen LogP contribution in [0.15, 0.2) is 30.7 Å². The first-order chi connectivity index (χ1) is 16.0. The van der Waals surface area contributed by atoms with E-state index < -0.39 is 0 Å². The minimum absolute atomic E-state index is 0.00696. The van der Waals surface area contributed by atoms with Gasteiger partial charge in [0.25, 0.3) is 11.8 Å². The van der Waals surface area contributed by atoms with Gasteiger partial charge in [-0.15, -0.1) is 0 Å². The van der Waals surface area contributed by atoms with Crippen molar-refractivity contribution < 1.29 is 14.3 Å². The minimum atomic E-state index is -0.360. The van der Waals surface area contributed by atoms with Crippen LogP contribution in [0.2, 0.25) is 0 Å². The van der Waals surface area contributed by atoms with Gasteiger partial charge in [-0.3, -0.25) is 9.59 Å². The van der Waals surface area contributed by atoms with Gasteiger partial charge < -0.3 is 19.9 Å². The lowest BCUT2D eigenvalue weighted by atomic mass is 10.1. The molecule has 0 bridgehead atoms. The maximum absolute atomic E-state index is 13.2. The van der Waals surface area contributed by atoms with Gasteiger partial charge in [-0.25, -0.2) is 9.50 Å². The highest BCUT2D eigenvalue weighted by Gasteiger charge is 2.32. The molecule has 2 aliphatic rings. The standard InChI is InChI=1S/C23H23N7O3/c1-14(2)29-13-16-7-19(20(8-17(16)23(29)32)28-3-5-33-6-4-28)27-22(31)18-11-26-30-12-15(9-24)10-25-21(18)30/h7-8,10-12,14H,3-6,13H2,1-2H3,(H,27,31). The van der Waals surface area contributed by atoms with Gasteiger partial charge in [-0.1, -0.05) is 0 Å². The Bertz CT molecular complexity index is 1300. The number of carbonyl (C=O) groups excluding carboxylic acids is 2. The number of nitriles is 1. The lowest BCUT2D eigenvalue weighted by Crippen LogP contribution is -2.37. The molecule has 168 valence electrons. The van der Waals surface area contributed by atoms with Crippen LogP contribution in [0.4, 0.5) is 11.4 Å². The van der Waals surface area contributed by atoms with Crippen molar-refractivity contribution in [1.29, 1.82) is 5.26 Å². The smallest absolute Gasteiger partial charge is 0.261 e. The van der Waals surface area contributed by atoms with E-state index in [0.29, 0.717) is 60.9 Å². The summed E-state index contributed by atoms with van der Waals surface area (Å²) < 4.78 is 6.90. The molecule has 1 fully saturated rings. The van der Waals surface area contributed by atoms with Gasteiger partial charge in [0.2, 0.25) is 0 Å². The molecular formula is C23H23N7O3. The number of amides is 2. The van der Waals surface area contributed by atoms with Crippen LogP contribution in [-0.4, -0.2) is 63.7 Å². The maximum atomic E-state index is 13.2. The summed E-state index contributed by atoms with van der Waals surface area (Å²) in [6.45, 7) is 6.98. The molecule has 10 nitrogen and oxygen atoms in total. The highest BCUT2D eigenvalue weighted by atomic mass is 16.5. The molecule has 0 spiro atoms. The Morgan fingerprint density at radius 1 is 1.24 bits per heavy atom. The van der Waals surface area contributed by atoms with Crippen molar-refractivity contribution in [2.75, 3.05) is 36.5 Å². The number of aromatic nitrogens is 3. The van der Waals surface area contributed by atoms with Crippen LogP contribution >= 0.6 is 0 Å². The monoisotopic (exact) mass is 445 g/mol. The van der Waals surface area contributed by atoms with Gasteiger partial charge in [-0.05, 0) is 31.5 Å². The summed E-state index contributed by atoms with van der Waals surface area (Å²) in [7, 11) is 0. The lowest BCUT2D eigenvalue weighted by molar-refractivity contribution is 0.0730. The zero-order chi connectivity index (χ0) is 23.1. The van der Waals surface area contributed by atoms with E-state index in [2.05, 4.69) is 20.3 Å². The van der Waals surface area contributed by atoms with E-state index in [-0.39, 0.29) is 17.9 Å². The van der Waals surface area contributed by atoms with Crippen LogP contribution in [-0.2, 0) is 11.3 Å². The number of morpholine rings is 1. The molecule has 0 saturated carbocycles. The fourth-order valence-electron chi connectivity index (χ4n) is 4.24. The Morgan fingerprint density at radius 2 is 2.03 bits per heavy atom. The quantitative estimate of drug-likeness (QED) is 0.653. The number of anilines is 2. The molecule has 3 aromatic rings. The van der Waals surface area contributed by atoms with Crippen LogP contribution < -0.4 is 10.2 Å². The molecule has 2 amide bonds. The number of nitrogens with zero attached hydrogens (tertiary/aromatic N) is 6. The molecule has 2 aliphatic heterocycles. The second-order valence-electron chi connectivity index (χ2n) is 8.39. The van der Waals surface area contributed by atoms with Gasteiger partial charge >= 0.3 is 0 Å². The molecule has 0 aliphatic carbocycles. The summed E-state index contributed by atoms with van der Waals surface area (Å²) in [4.78, 5) is 34.3. The first kappa shape index (κ1) is 20.9. The second-order valence-corrected chi connectivity index (χ2v) is 8.39. The Hall–Kier alpha value is -3.97. The number of fused-ring (bicyclic) bond motifs is 2. The van der Waals surface area contributed by atoms with Crippen molar-refractivity contribution in [3.8, 4) is 6.07 Å². The van der Waals surface area contributed by atoms with Crippen molar-refractivity contribution in [3.63, 3.8) is 0 Å². The Morgan fingerprint density at radius 3 is 2.76 bits per heavy atom. The van der Waals surface area contributed by atoms with Gasteiger partial charge in [0, 0.05) is 37.4 Å². The third-order valence-electron chi connectivity index (χ3n) is 6.01. The molecule has 1 saturated heterocycles. The third-order valence-corrected chi connectivity index (χ3v) is 6.01. The zero-order valence-electron chi connectivity index (χ0n) is 18.4. The van der Waals surface area contributed by atoms with Crippen molar-refractivity contribution in [2.24, 2.45) is 0 Å². The number of nitrogens with one attached hydrogen (secondary N) is 1. The number of benzene rings is 1. The van der Waals surface area contributed by atoms with E-state index in [1.54, 1.807) is 0 Å². The molecule has 1 aromatic carbocycles. The number of hydrogen-bond donors (Lipinski definition) is 1. The van der Waals surface area contributed by atoms with Crippen molar-refractivity contribution in [3.05, 3.63) is 53.0 Å². The van der Waals surface area contributed by atoms with Gasteiger partial charge in [0.15, 0.2) is 5.65 Å². The fourth-order valence-corrected chi connectivity index (χ4v) is 4.24. The zero-order valence-corrected chi connectivity index (χ0v) is 18.4. The van der Waals surface area contributed by atoms with E-state index in [0.717, 1.165) is 11.3 Å². The largest absolute Gasteiger partial charge is 0.378 e. The molecule has 0 atom stereocenters. The molecule has 1 N–H and O–H groups in total. The average molecular weight is 445 g/mol. The Kier molecular flexibility index (Phi) is 5.18. The predicted molar refractivity (Wildman–Crippen MR) is 120 cm³/mol. The minimum Gasteiger partial charge on any atom is -0.378 e. The molecule has 4 heterocycles. The predicted octanol–water partition coefficient (Wildman–Crippen LogP) is 2.05. The van der Waals surface area contributed by atoms with E-state index in [1.165, 1.54) is 23.1 Å². The van der Waals surface area contributed by atoms with Gasteiger partial charge in [-0.2, -0.15) is 10.4 Å². The first-order valence-electron chi connectivity index (χ1n) is 10.8. The van der Waals surface area contributed by atoms with Crippen molar-refractivity contribution >= 4 is 28.8 Å². The third kappa shape index (κ3) is 3.66. The van der Waals surface area contributed by atoms with E-state index >= 15 is 0 Å². The summed E-state index contributed by atoms with van der Waals surface area (Å²) in [6, 6.07) is 5.87. The number of rotatable bonds is 4. The summed E-state index contributed by atoms with van der Waals surface area (Å²) in [5.74, 6) is -0.353. The highest BCUT2D eigenvalue weighted by Crippen LogP contribution is 2.36. The number of hydrogen-bond acceptors (Lipinski definition) is 7. The van der Waals surface area contributed by atoms with Crippen LogP contribution in [0.25, 0.3) is 5.65 Å². The summed E-state index contributed by atoms with van der Waals surface area (Å²) in [5, 5.41) is 16.2. The average Bonchev–Trinajstić information content (AvgIpc) is 3.39. The second kappa shape index (κ2) is 8.18. The topological polar surface area (TPSA) is 116 Å². The Labute approximate surface area is 190 Å². The molecule has 0 unspecified atom stereocenters. The van der Waals surface area contributed by atoms with Crippen molar-refractivity contribution in [1.82, 2.24) is 19.5 Å². The first-order valence-corrected chi connectivity index (χ1v) is 10.8. The Balaban J connectivity index is 1.52. The van der Waals surface area contributed by atoms with Crippen LogP contribution in [0.1, 0.15) is 45.7 Å². The van der Waals surface area contributed by atoms with E-state index in [4.69, 9.17) is 10.00 Å². The van der Waals surface area contributed by atoms with Crippen LogP contribution in [0.3, 0.4) is 0 Å². The maximum Gasteiger partial charge on any atom is 0.261 e. The van der Waals surface area contributed by atoms with Crippen LogP contribution in [0, 0.1) is 11.3 Å². The lowest BCUT2D eigenvalue weighted by Gasteiger charge is -2.31. The fraction of sp³-hybridized carbons (Fsp3) is 0.348. The van der Waals surface area contributed by atoms with E-state index in [1.807, 2.05) is 36.9 Å². The van der Waals surface area contributed by atoms with E-state index in [9.17, 15) is 9.59 Å². The number of carbonyl (C=O) groups is 2. The van der Waals surface area contributed by atoms with Crippen molar-refractivity contribution in [2.45, 2.75) is 26.4 Å². The molecule has 33 heavy (non-hydrogen) atoms. The number of ether oxygens (including phenoxy) is 1. The van der Waals surface area contributed by atoms with Gasteiger partial charge in [0.05, 0.1) is 42.5 Å². The molecular weight excluding hydrogens is 422 g/mol. The van der Waals surface area contributed by atoms with Gasteiger partial charge in [0.1, 0.15) is 11.6 Å². The molecule has 0 radical (unpaired) electrons. The summed E-state index contributed by atoms with van der Waals surface area (Å²) in [5.41, 5.74) is 4.00. The SMILES string of the molecule is CC(C)N1Cc2cc(NC(=O)c3cnn4cc(C#N)cnc34)c(N3CCOCC3)cc2C1=O. The normalized spacial score (nSPS) is 15.8. The summed E-state index contributed by atoms with van der Waals surface area (Å²) in [6.07, 6.45) is 4.37. The van der Waals surface area contributed by atoms with Crippen LogP contribution in [0.5, 0.6) is 0 Å². The molecule has 2 aromatic heterocycles. The molecule has 10 heteroatoms. The highest BCUT2D eigenvalue weighted by molar-refractivity contribution is 6.10.